The van der Waals surface area contributed by atoms with Gasteiger partial charge in [-0.2, -0.15) is 0 Å². The lowest BCUT2D eigenvalue weighted by molar-refractivity contribution is -0.155. The van der Waals surface area contributed by atoms with Crippen LogP contribution in [0.15, 0.2) is 0 Å². The Kier molecular flexibility index (Phi) is 2.51. The highest BCUT2D eigenvalue weighted by molar-refractivity contribution is 5.88. The van der Waals surface area contributed by atoms with E-state index in [-0.39, 0.29) is 12.2 Å². The highest BCUT2D eigenvalue weighted by Crippen LogP contribution is 2.27. The van der Waals surface area contributed by atoms with Crippen LogP contribution in [0.25, 0.3) is 0 Å². The van der Waals surface area contributed by atoms with Gasteiger partial charge < -0.3 is 10.2 Å². The first-order valence-electron chi connectivity index (χ1n) is 3.98. The second-order valence-corrected chi connectivity index (χ2v) is 3.14. The third kappa shape index (κ3) is 1.36. The Hall–Kier alpha value is -0.850. The maximum absolute atomic E-state index is 11.2. The number of aliphatic hydroxyl groups is 2. The van der Waals surface area contributed by atoms with E-state index in [0.29, 0.717) is 19.3 Å². The number of terminal acetylenes is 1. The van der Waals surface area contributed by atoms with Crippen LogP contribution in [0.2, 0.25) is 0 Å². The Morgan fingerprint density at radius 1 is 1.75 bits per heavy atom. The van der Waals surface area contributed by atoms with E-state index in [1.54, 1.807) is 0 Å². The zero-order chi connectivity index (χ0) is 9.19. The van der Waals surface area contributed by atoms with Crippen LogP contribution < -0.4 is 0 Å². The van der Waals surface area contributed by atoms with Crippen molar-refractivity contribution >= 4 is 5.78 Å². The van der Waals surface area contributed by atoms with Crippen LogP contribution in [0.5, 0.6) is 0 Å². The molecule has 2 unspecified atom stereocenters. The third-order valence-electron chi connectivity index (χ3n) is 2.29. The van der Waals surface area contributed by atoms with Gasteiger partial charge in [0.2, 0.25) is 0 Å². The number of carbonyl (C=O) groups is 1. The lowest BCUT2D eigenvalue weighted by Gasteiger charge is -2.33. The normalized spacial score (nSPS) is 36.1. The van der Waals surface area contributed by atoms with Crippen LogP contribution in [0.4, 0.5) is 0 Å². The van der Waals surface area contributed by atoms with Gasteiger partial charge in [0.05, 0.1) is 6.10 Å². The summed E-state index contributed by atoms with van der Waals surface area (Å²) in [6.07, 6.45) is 5.31. The molecule has 12 heavy (non-hydrogen) atoms. The van der Waals surface area contributed by atoms with E-state index in [4.69, 9.17) is 6.42 Å². The van der Waals surface area contributed by atoms with Crippen molar-refractivity contribution in [2.45, 2.75) is 37.4 Å². The summed E-state index contributed by atoms with van der Waals surface area (Å²) >= 11 is 0. The molecular formula is C9H12O3. The molecule has 0 amide bonds. The summed E-state index contributed by atoms with van der Waals surface area (Å²) < 4.78 is 0. The summed E-state index contributed by atoms with van der Waals surface area (Å²) in [5.74, 6) is 1.87. The van der Waals surface area contributed by atoms with E-state index in [1.165, 1.54) is 0 Å². The molecule has 3 heteroatoms. The van der Waals surface area contributed by atoms with E-state index in [2.05, 4.69) is 5.92 Å². The standard InChI is InChI=1S/C9H12O3/c1-2-6-9(12)7(10)4-3-5-8(9)11/h1,7,10,12H,3-6H2. The van der Waals surface area contributed by atoms with Gasteiger partial charge in [0.25, 0.3) is 0 Å². The molecule has 0 heterocycles. The van der Waals surface area contributed by atoms with Gasteiger partial charge in [-0.25, -0.2) is 0 Å². The van der Waals surface area contributed by atoms with Crippen molar-refractivity contribution in [3.05, 3.63) is 0 Å². The minimum atomic E-state index is -1.67. The van der Waals surface area contributed by atoms with Crippen molar-refractivity contribution < 1.29 is 15.0 Å². The molecule has 1 fully saturated rings. The minimum Gasteiger partial charge on any atom is -0.390 e. The number of rotatable bonds is 1. The quantitative estimate of drug-likeness (QED) is 0.535. The van der Waals surface area contributed by atoms with Crippen molar-refractivity contribution in [1.29, 1.82) is 0 Å². The third-order valence-corrected chi connectivity index (χ3v) is 2.29. The minimum absolute atomic E-state index is 0.0903. The van der Waals surface area contributed by atoms with E-state index in [1.807, 2.05) is 0 Å². The fraction of sp³-hybridized carbons (Fsp3) is 0.667. The molecule has 0 saturated heterocycles. The SMILES string of the molecule is C#CCC1(O)C(=O)CCCC1O. The number of hydrogen-bond acceptors (Lipinski definition) is 3. The molecule has 0 spiro atoms. The van der Waals surface area contributed by atoms with Gasteiger partial charge in [0, 0.05) is 12.8 Å². The predicted octanol–water partition coefficient (Wildman–Crippen LogP) is -0.145. The summed E-state index contributed by atoms with van der Waals surface area (Å²) in [6.45, 7) is 0. The molecule has 0 aliphatic heterocycles. The molecule has 66 valence electrons. The number of carbonyl (C=O) groups excluding carboxylic acids is 1. The van der Waals surface area contributed by atoms with Crippen LogP contribution in [-0.2, 0) is 4.79 Å². The first-order valence-corrected chi connectivity index (χ1v) is 3.98. The fourth-order valence-corrected chi connectivity index (χ4v) is 1.47. The maximum atomic E-state index is 11.2. The molecule has 0 bridgehead atoms. The van der Waals surface area contributed by atoms with Crippen LogP contribution in [0.3, 0.4) is 0 Å². The summed E-state index contributed by atoms with van der Waals surface area (Å²) in [5, 5.41) is 19.0. The van der Waals surface area contributed by atoms with Crippen LogP contribution in [0, 0.1) is 12.3 Å². The average molecular weight is 168 g/mol. The highest BCUT2D eigenvalue weighted by atomic mass is 16.3. The summed E-state index contributed by atoms with van der Waals surface area (Å²) in [5.41, 5.74) is -1.67. The number of Topliss-reactive ketones (excluding diaryl/α,β-unsaturated/α-hetero) is 1. The van der Waals surface area contributed by atoms with Gasteiger partial charge in [0.15, 0.2) is 11.4 Å². The van der Waals surface area contributed by atoms with Crippen LogP contribution in [0.1, 0.15) is 25.7 Å². The molecule has 0 radical (unpaired) electrons. The second-order valence-electron chi connectivity index (χ2n) is 3.14. The average Bonchev–Trinajstić information content (AvgIpc) is 2.02. The smallest absolute Gasteiger partial charge is 0.168 e. The number of ketones is 1. The Morgan fingerprint density at radius 2 is 2.42 bits per heavy atom. The van der Waals surface area contributed by atoms with Gasteiger partial charge in [-0.05, 0) is 12.8 Å². The molecule has 1 aliphatic rings. The highest BCUT2D eigenvalue weighted by Gasteiger charge is 2.44. The van der Waals surface area contributed by atoms with E-state index in [0.717, 1.165) is 0 Å². The zero-order valence-electron chi connectivity index (χ0n) is 6.79. The maximum Gasteiger partial charge on any atom is 0.168 e. The molecular weight excluding hydrogens is 156 g/mol. The van der Waals surface area contributed by atoms with E-state index < -0.39 is 11.7 Å². The molecule has 1 saturated carbocycles. The number of hydrogen-bond donors (Lipinski definition) is 2. The molecule has 3 nitrogen and oxygen atoms in total. The Labute approximate surface area is 71.4 Å². The largest absolute Gasteiger partial charge is 0.390 e. The Bertz CT molecular complexity index is 228. The molecule has 1 rings (SSSR count). The monoisotopic (exact) mass is 168 g/mol. The second kappa shape index (κ2) is 3.26. The molecule has 2 atom stereocenters. The van der Waals surface area contributed by atoms with Gasteiger partial charge in [-0.3, -0.25) is 4.79 Å². The first kappa shape index (κ1) is 9.24. The predicted molar refractivity (Wildman–Crippen MR) is 43.3 cm³/mol. The molecule has 1 aliphatic carbocycles. The van der Waals surface area contributed by atoms with Crippen molar-refractivity contribution in [3.63, 3.8) is 0 Å². The van der Waals surface area contributed by atoms with Gasteiger partial charge in [-0.1, -0.05) is 0 Å². The number of aliphatic hydroxyl groups excluding tert-OH is 1. The van der Waals surface area contributed by atoms with Gasteiger partial charge in [-0.15, -0.1) is 12.3 Å². The molecule has 0 aromatic rings. The molecule has 2 N–H and O–H groups in total. The van der Waals surface area contributed by atoms with E-state index in [9.17, 15) is 15.0 Å². The van der Waals surface area contributed by atoms with Crippen LogP contribution >= 0.6 is 0 Å². The molecule has 0 aromatic carbocycles. The summed E-state index contributed by atoms with van der Waals surface area (Å²) in [7, 11) is 0. The summed E-state index contributed by atoms with van der Waals surface area (Å²) in [4.78, 5) is 11.2. The molecule has 0 aromatic heterocycles. The summed E-state index contributed by atoms with van der Waals surface area (Å²) in [6, 6.07) is 0. The fourth-order valence-electron chi connectivity index (χ4n) is 1.47. The van der Waals surface area contributed by atoms with Crippen molar-refractivity contribution in [3.8, 4) is 12.3 Å². The Morgan fingerprint density at radius 3 is 2.92 bits per heavy atom. The van der Waals surface area contributed by atoms with Gasteiger partial charge >= 0.3 is 0 Å². The first-order chi connectivity index (χ1) is 5.61. The lowest BCUT2D eigenvalue weighted by Crippen LogP contribution is -2.51. The lowest BCUT2D eigenvalue weighted by atomic mass is 9.79. The van der Waals surface area contributed by atoms with Crippen LogP contribution in [-0.4, -0.2) is 27.7 Å². The van der Waals surface area contributed by atoms with Crippen molar-refractivity contribution in [1.82, 2.24) is 0 Å². The topological polar surface area (TPSA) is 57.5 Å². The van der Waals surface area contributed by atoms with E-state index >= 15 is 0 Å². The van der Waals surface area contributed by atoms with Gasteiger partial charge in [0.1, 0.15) is 0 Å². The zero-order valence-corrected chi connectivity index (χ0v) is 6.79. The van der Waals surface area contributed by atoms with Crippen molar-refractivity contribution in [2.75, 3.05) is 0 Å². The van der Waals surface area contributed by atoms with Crippen molar-refractivity contribution in [2.24, 2.45) is 0 Å². The Balaban J connectivity index is 2.81.